The molecule has 0 aromatic heterocycles. The van der Waals surface area contributed by atoms with Crippen molar-refractivity contribution >= 4 is 0 Å². The third-order valence-corrected chi connectivity index (χ3v) is 2.35. The number of rotatable bonds is 7. The van der Waals surface area contributed by atoms with Gasteiger partial charge in [0.25, 0.3) is 0 Å². The number of nitrogens with one attached hydrogen (secondary N) is 1. The second kappa shape index (κ2) is 6.54. The summed E-state index contributed by atoms with van der Waals surface area (Å²) < 4.78 is 48.9. The molecule has 0 saturated heterocycles. The summed E-state index contributed by atoms with van der Waals surface area (Å²) in [5, 5.41) is 2.37. The molecule has 6 heteroatoms. The Bertz CT molecular complexity index is 214. The molecule has 0 heterocycles. The lowest BCUT2D eigenvalue weighted by Crippen LogP contribution is -2.42. The lowest BCUT2D eigenvalue weighted by molar-refractivity contribution is -0.125. The van der Waals surface area contributed by atoms with Crippen molar-refractivity contribution in [1.29, 1.82) is 0 Å². The predicted molar refractivity (Wildman–Crippen MR) is 60.4 cm³/mol. The zero-order chi connectivity index (χ0) is 13.7. The van der Waals surface area contributed by atoms with Gasteiger partial charge in [-0.1, -0.05) is 20.8 Å². The molecule has 0 amide bonds. The van der Waals surface area contributed by atoms with Gasteiger partial charge in [0.1, 0.15) is 0 Å². The van der Waals surface area contributed by atoms with Crippen LogP contribution in [0.4, 0.5) is 17.6 Å². The third-order valence-electron chi connectivity index (χ3n) is 2.35. The van der Waals surface area contributed by atoms with Crippen LogP contribution in [0.5, 0.6) is 0 Å². The Kier molecular flexibility index (Phi) is 6.40. The summed E-state index contributed by atoms with van der Waals surface area (Å²) in [6.07, 6.45) is -2.87. The van der Waals surface area contributed by atoms with E-state index in [1.54, 1.807) is 0 Å². The van der Waals surface area contributed by atoms with Gasteiger partial charge in [-0.25, -0.2) is 8.78 Å². The van der Waals surface area contributed by atoms with Gasteiger partial charge in [-0.05, 0) is 30.8 Å². The van der Waals surface area contributed by atoms with E-state index in [2.05, 4.69) is 5.32 Å². The van der Waals surface area contributed by atoms with Crippen molar-refractivity contribution in [2.45, 2.75) is 39.5 Å². The molecule has 0 aliphatic rings. The number of halogens is 4. The lowest BCUT2D eigenvalue weighted by atomic mass is 9.84. The second-order valence-corrected chi connectivity index (χ2v) is 5.56. The van der Waals surface area contributed by atoms with E-state index in [-0.39, 0.29) is 17.9 Å². The number of alkyl halides is 4. The molecule has 1 atom stereocenters. The molecule has 0 bridgehead atoms. The largest absolute Gasteiger partial charge is 0.330 e. The van der Waals surface area contributed by atoms with Crippen LogP contribution in [0.1, 0.15) is 27.2 Å². The molecule has 0 radical (unpaired) electrons. The fourth-order valence-electron chi connectivity index (χ4n) is 1.62. The van der Waals surface area contributed by atoms with Gasteiger partial charge in [-0.3, -0.25) is 0 Å². The molecule has 0 aliphatic heterocycles. The average molecular weight is 258 g/mol. The van der Waals surface area contributed by atoms with Crippen molar-refractivity contribution in [3.63, 3.8) is 0 Å². The van der Waals surface area contributed by atoms with Gasteiger partial charge in [0.2, 0.25) is 0 Å². The molecule has 17 heavy (non-hydrogen) atoms. The summed E-state index contributed by atoms with van der Waals surface area (Å²) in [5.74, 6) is -3.95. The molecule has 0 saturated carbocycles. The summed E-state index contributed by atoms with van der Waals surface area (Å²) in [6, 6.07) is 0. The fourth-order valence-corrected chi connectivity index (χ4v) is 1.62. The van der Waals surface area contributed by atoms with Crippen molar-refractivity contribution < 1.29 is 17.6 Å². The van der Waals surface area contributed by atoms with Crippen molar-refractivity contribution in [2.24, 2.45) is 17.1 Å². The highest BCUT2D eigenvalue weighted by Gasteiger charge is 2.40. The number of nitrogens with two attached hydrogens (primary N) is 1. The molecule has 0 aromatic carbocycles. The van der Waals surface area contributed by atoms with Gasteiger partial charge >= 0.3 is 12.3 Å². The van der Waals surface area contributed by atoms with Gasteiger partial charge < -0.3 is 11.1 Å². The van der Waals surface area contributed by atoms with Crippen LogP contribution < -0.4 is 11.1 Å². The predicted octanol–water partition coefficient (Wildman–Crippen LogP) is 2.49. The van der Waals surface area contributed by atoms with Crippen LogP contribution in [0.2, 0.25) is 0 Å². The molecule has 0 aromatic rings. The van der Waals surface area contributed by atoms with Crippen LogP contribution >= 0.6 is 0 Å². The van der Waals surface area contributed by atoms with E-state index in [1.807, 2.05) is 20.8 Å². The fraction of sp³-hybridized carbons (Fsp3) is 1.00. The molecular weight excluding hydrogens is 236 g/mol. The maximum absolute atomic E-state index is 12.6. The summed E-state index contributed by atoms with van der Waals surface area (Å²) in [4.78, 5) is 0. The van der Waals surface area contributed by atoms with Crippen LogP contribution in [0.15, 0.2) is 0 Å². The quantitative estimate of drug-likeness (QED) is 0.688. The zero-order valence-electron chi connectivity index (χ0n) is 10.6. The number of hydrogen-bond acceptors (Lipinski definition) is 2. The highest BCUT2D eigenvalue weighted by Crippen LogP contribution is 2.24. The Labute approximate surface area is 99.9 Å². The minimum Gasteiger partial charge on any atom is -0.330 e. The Morgan fingerprint density at radius 1 is 1.18 bits per heavy atom. The van der Waals surface area contributed by atoms with E-state index >= 15 is 0 Å². The first-order chi connectivity index (χ1) is 7.58. The van der Waals surface area contributed by atoms with Crippen LogP contribution in [-0.2, 0) is 0 Å². The minimum atomic E-state index is -3.97. The SMILES string of the molecule is CC(C)(C)CC(CN)CNCC(F)(F)C(F)F. The Morgan fingerprint density at radius 2 is 1.71 bits per heavy atom. The summed E-state index contributed by atoms with van der Waals surface area (Å²) in [5.41, 5.74) is 5.55. The topological polar surface area (TPSA) is 38.0 Å². The molecule has 0 fully saturated rings. The summed E-state index contributed by atoms with van der Waals surface area (Å²) in [7, 11) is 0. The molecule has 0 rings (SSSR count). The zero-order valence-corrected chi connectivity index (χ0v) is 10.6. The van der Waals surface area contributed by atoms with Gasteiger partial charge in [0.15, 0.2) is 0 Å². The lowest BCUT2D eigenvalue weighted by Gasteiger charge is -2.26. The van der Waals surface area contributed by atoms with Crippen LogP contribution in [0.25, 0.3) is 0 Å². The third kappa shape index (κ3) is 7.54. The Balaban J connectivity index is 4.01. The van der Waals surface area contributed by atoms with E-state index in [4.69, 9.17) is 5.73 Å². The van der Waals surface area contributed by atoms with Gasteiger partial charge in [0, 0.05) is 0 Å². The van der Waals surface area contributed by atoms with Gasteiger partial charge in [-0.15, -0.1) is 0 Å². The summed E-state index contributed by atoms with van der Waals surface area (Å²) in [6.45, 7) is 5.63. The second-order valence-electron chi connectivity index (χ2n) is 5.56. The van der Waals surface area contributed by atoms with E-state index in [1.165, 1.54) is 0 Å². The first-order valence-electron chi connectivity index (χ1n) is 5.65. The van der Waals surface area contributed by atoms with Crippen LogP contribution in [0.3, 0.4) is 0 Å². The first kappa shape index (κ1) is 16.6. The maximum Gasteiger partial charge on any atom is 0.319 e. The van der Waals surface area contributed by atoms with Crippen molar-refractivity contribution in [1.82, 2.24) is 5.32 Å². The number of hydrogen-bond donors (Lipinski definition) is 2. The summed E-state index contributed by atoms with van der Waals surface area (Å²) >= 11 is 0. The van der Waals surface area contributed by atoms with E-state index in [0.29, 0.717) is 6.54 Å². The molecule has 1 unspecified atom stereocenters. The maximum atomic E-state index is 12.6. The highest BCUT2D eigenvalue weighted by atomic mass is 19.3. The van der Waals surface area contributed by atoms with Crippen molar-refractivity contribution in [3.8, 4) is 0 Å². The molecule has 0 aliphatic carbocycles. The Hall–Kier alpha value is -0.360. The van der Waals surface area contributed by atoms with Gasteiger partial charge in [-0.2, -0.15) is 8.78 Å². The normalized spacial score (nSPS) is 15.4. The van der Waals surface area contributed by atoms with Crippen molar-refractivity contribution in [3.05, 3.63) is 0 Å². The molecule has 2 nitrogen and oxygen atoms in total. The van der Waals surface area contributed by atoms with E-state index in [0.717, 1.165) is 6.42 Å². The Morgan fingerprint density at radius 3 is 2.06 bits per heavy atom. The van der Waals surface area contributed by atoms with Gasteiger partial charge in [0.05, 0.1) is 6.54 Å². The van der Waals surface area contributed by atoms with E-state index in [9.17, 15) is 17.6 Å². The van der Waals surface area contributed by atoms with Crippen molar-refractivity contribution in [2.75, 3.05) is 19.6 Å². The standard InChI is InChI=1S/C11H22F4N2/c1-10(2,3)4-8(5-16)6-17-7-11(14,15)9(12)13/h8-9,17H,4-7,16H2,1-3H3. The first-order valence-corrected chi connectivity index (χ1v) is 5.65. The molecular formula is C11H22F4N2. The molecule has 3 N–H and O–H groups in total. The highest BCUT2D eigenvalue weighted by molar-refractivity contribution is 4.76. The smallest absolute Gasteiger partial charge is 0.319 e. The minimum absolute atomic E-state index is 0.0171. The average Bonchev–Trinajstić information content (AvgIpc) is 2.13. The van der Waals surface area contributed by atoms with Crippen LogP contribution in [-0.4, -0.2) is 32.0 Å². The monoisotopic (exact) mass is 258 g/mol. The van der Waals surface area contributed by atoms with E-state index < -0.39 is 18.9 Å². The molecule has 104 valence electrons. The van der Waals surface area contributed by atoms with Crippen LogP contribution in [0, 0.1) is 11.3 Å². The molecule has 0 spiro atoms.